The molecule has 1 heteroatoms. The van der Waals surface area contributed by atoms with Crippen molar-refractivity contribution in [2.45, 2.75) is 6.04 Å². The van der Waals surface area contributed by atoms with Gasteiger partial charge in [0.05, 0.1) is 6.04 Å². The van der Waals surface area contributed by atoms with Crippen molar-refractivity contribution in [3.05, 3.63) is 60.2 Å². The van der Waals surface area contributed by atoms with Crippen LogP contribution in [0, 0.1) is 0 Å². The molecule has 0 saturated heterocycles. The Bertz CT molecular complexity index is 360. The van der Waals surface area contributed by atoms with Gasteiger partial charge in [0.25, 0.3) is 0 Å². The number of hydrogen-bond donors (Lipinski definition) is 0. The van der Waals surface area contributed by atoms with Gasteiger partial charge in [0.1, 0.15) is 0 Å². The van der Waals surface area contributed by atoms with Gasteiger partial charge in [0.15, 0.2) is 0 Å². The summed E-state index contributed by atoms with van der Waals surface area (Å²) in [6.45, 7) is 3.97. The van der Waals surface area contributed by atoms with Crippen LogP contribution in [0.5, 0.6) is 0 Å². The molecular weight excluding hydrogens is 158 g/mol. The number of dihydropyridines is 1. The van der Waals surface area contributed by atoms with Crippen molar-refractivity contribution in [3.63, 3.8) is 0 Å². The second-order valence-corrected chi connectivity index (χ2v) is 3.05. The zero-order valence-corrected chi connectivity index (χ0v) is 7.35. The molecule has 1 aliphatic rings. The van der Waals surface area contributed by atoms with Crippen LogP contribution in [0.3, 0.4) is 0 Å². The zero-order valence-electron chi connectivity index (χ0n) is 7.35. The summed E-state index contributed by atoms with van der Waals surface area (Å²) in [5.41, 5.74) is 2.25. The Hall–Kier alpha value is -1.63. The SMILES string of the molecule is C=C1C=CC=NC1c1ccccc1. The molecule has 1 nitrogen and oxygen atoms in total. The van der Waals surface area contributed by atoms with Crippen LogP contribution in [0.15, 0.2) is 59.6 Å². The van der Waals surface area contributed by atoms with E-state index in [9.17, 15) is 0 Å². The van der Waals surface area contributed by atoms with Gasteiger partial charge in [-0.1, -0.05) is 43.0 Å². The Morgan fingerprint density at radius 2 is 1.92 bits per heavy atom. The molecule has 2 rings (SSSR count). The monoisotopic (exact) mass is 169 g/mol. The number of hydrogen-bond acceptors (Lipinski definition) is 1. The van der Waals surface area contributed by atoms with Crippen molar-refractivity contribution in [2.24, 2.45) is 4.99 Å². The standard InChI is InChI=1S/C12H11N/c1-10-6-5-9-13-12(10)11-7-3-2-4-8-11/h2-9,12H,1H2. The minimum Gasteiger partial charge on any atom is -0.280 e. The van der Waals surface area contributed by atoms with Crippen molar-refractivity contribution in [1.29, 1.82) is 0 Å². The minimum absolute atomic E-state index is 0.117. The molecule has 0 bridgehead atoms. The molecule has 1 atom stereocenters. The fourth-order valence-corrected chi connectivity index (χ4v) is 1.42. The van der Waals surface area contributed by atoms with E-state index in [0.29, 0.717) is 0 Å². The van der Waals surface area contributed by atoms with E-state index in [2.05, 4.69) is 23.7 Å². The molecule has 0 amide bonds. The number of allylic oxidation sites excluding steroid dienone is 1. The first-order chi connectivity index (χ1) is 6.38. The van der Waals surface area contributed by atoms with E-state index in [0.717, 1.165) is 5.57 Å². The van der Waals surface area contributed by atoms with Crippen LogP contribution >= 0.6 is 0 Å². The number of aliphatic imine (C=N–C) groups is 1. The van der Waals surface area contributed by atoms with Crippen LogP contribution in [-0.2, 0) is 0 Å². The summed E-state index contributed by atoms with van der Waals surface area (Å²) in [6, 6.07) is 10.3. The summed E-state index contributed by atoms with van der Waals surface area (Å²) >= 11 is 0. The molecule has 0 spiro atoms. The first-order valence-electron chi connectivity index (χ1n) is 4.31. The molecule has 13 heavy (non-hydrogen) atoms. The van der Waals surface area contributed by atoms with Gasteiger partial charge in [0.2, 0.25) is 0 Å². The van der Waals surface area contributed by atoms with Crippen LogP contribution in [0.2, 0.25) is 0 Å². The lowest BCUT2D eigenvalue weighted by Gasteiger charge is -2.15. The molecule has 64 valence electrons. The highest BCUT2D eigenvalue weighted by molar-refractivity contribution is 5.74. The van der Waals surface area contributed by atoms with E-state index in [4.69, 9.17) is 0 Å². The lowest BCUT2D eigenvalue weighted by atomic mass is 9.99. The van der Waals surface area contributed by atoms with E-state index in [-0.39, 0.29) is 6.04 Å². The lowest BCUT2D eigenvalue weighted by Crippen LogP contribution is -2.00. The summed E-state index contributed by atoms with van der Waals surface area (Å²) in [5.74, 6) is 0. The maximum atomic E-state index is 4.37. The van der Waals surface area contributed by atoms with Crippen LogP contribution in [0.1, 0.15) is 11.6 Å². The van der Waals surface area contributed by atoms with Crippen molar-refractivity contribution < 1.29 is 0 Å². The predicted octanol–water partition coefficient (Wildman–Crippen LogP) is 2.92. The topological polar surface area (TPSA) is 12.4 Å². The molecule has 1 unspecified atom stereocenters. The molecular formula is C12H11N. The first-order valence-corrected chi connectivity index (χ1v) is 4.31. The maximum absolute atomic E-state index is 4.37. The average Bonchev–Trinajstić information content (AvgIpc) is 2.20. The van der Waals surface area contributed by atoms with Gasteiger partial charge in [-0.2, -0.15) is 0 Å². The third-order valence-electron chi connectivity index (χ3n) is 2.10. The largest absolute Gasteiger partial charge is 0.280 e. The quantitative estimate of drug-likeness (QED) is 0.613. The van der Waals surface area contributed by atoms with Crippen molar-refractivity contribution in [3.8, 4) is 0 Å². The molecule has 0 N–H and O–H groups in total. The second-order valence-electron chi connectivity index (χ2n) is 3.05. The molecule has 1 aromatic rings. The van der Waals surface area contributed by atoms with Gasteiger partial charge in [-0.05, 0) is 17.2 Å². The number of rotatable bonds is 1. The normalized spacial score (nSPS) is 20.6. The number of nitrogens with zero attached hydrogens (tertiary/aromatic N) is 1. The van der Waals surface area contributed by atoms with Crippen molar-refractivity contribution in [2.75, 3.05) is 0 Å². The van der Waals surface area contributed by atoms with E-state index in [1.54, 1.807) is 0 Å². The third kappa shape index (κ3) is 1.59. The fraction of sp³-hybridized carbons (Fsp3) is 0.0833. The Morgan fingerprint density at radius 1 is 1.15 bits per heavy atom. The summed E-state index contributed by atoms with van der Waals surface area (Å²) in [6.07, 6.45) is 5.75. The van der Waals surface area contributed by atoms with Crippen LogP contribution in [-0.4, -0.2) is 6.21 Å². The molecule has 0 radical (unpaired) electrons. The highest BCUT2D eigenvalue weighted by Gasteiger charge is 2.11. The van der Waals surface area contributed by atoms with Gasteiger partial charge in [-0.25, -0.2) is 0 Å². The highest BCUT2D eigenvalue weighted by atomic mass is 14.8. The average molecular weight is 169 g/mol. The highest BCUT2D eigenvalue weighted by Crippen LogP contribution is 2.26. The Kier molecular flexibility index (Phi) is 2.09. The van der Waals surface area contributed by atoms with Gasteiger partial charge in [-0.15, -0.1) is 0 Å². The Morgan fingerprint density at radius 3 is 2.62 bits per heavy atom. The summed E-state index contributed by atoms with van der Waals surface area (Å²) in [7, 11) is 0. The van der Waals surface area contributed by atoms with E-state index in [1.165, 1.54) is 5.56 Å². The maximum Gasteiger partial charge on any atom is 0.0993 e. The van der Waals surface area contributed by atoms with Gasteiger partial charge >= 0.3 is 0 Å². The molecule has 0 aromatic heterocycles. The van der Waals surface area contributed by atoms with Gasteiger partial charge in [0, 0.05) is 6.21 Å². The van der Waals surface area contributed by atoms with E-state index in [1.807, 2.05) is 36.6 Å². The van der Waals surface area contributed by atoms with Crippen molar-refractivity contribution >= 4 is 6.21 Å². The Balaban J connectivity index is 2.32. The van der Waals surface area contributed by atoms with Crippen molar-refractivity contribution in [1.82, 2.24) is 0 Å². The van der Waals surface area contributed by atoms with Crippen LogP contribution in [0.25, 0.3) is 0 Å². The summed E-state index contributed by atoms with van der Waals surface area (Å²) in [5, 5.41) is 0. The third-order valence-corrected chi connectivity index (χ3v) is 2.10. The molecule has 0 aliphatic carbocycles. The molecule has 0 saturated carbocycles. The second kappa shape index (κ2) is 3.40. The fourth-order valence-electron chi connectivity index (χ4n) is 1.42. The smallest absolute Gasteiger partial charge is 0.0993 e. The first kappa shape index (κ1) is 7.99. The summed E-state index contributed by atoms with van der Waals surface area (Å²) in [4.78, 5) is 4.37. The predicted molar refractivity (Wildman–Crippen MR) is 56.0 cm³/mol. The van der Waals surface area contributed by atoms with Crippen LogP contribution < -0.4 is 0 Å². The lowest BCUT2D eigenvalue weighted by molar-refractivity contribution is 0.875. The molecule has 1 aliphatic heterocycles. The Labute approximate surface area is 78.1 Å². The van der Waals surface area contributed by atoms with Gasteiger partial charge in [-0.3, -0.25) is 4.99 Å². The van der Waals surface area contributed by atoms with E-state index < -0.39 is 0 Å². The minimum atomic E-state index is 0.117. The molecule has 1 heterocycles. The van der Waals surface area contributed by atoms with E-state index >= 15 is 0 Å². The molecule has 1 aromatic carbocycles. The molecule has 0 fully saturated rings. The zero-order chi connectivity index (χ0) is 9.10. The van der Waals surface area contributed by atoms with Crippen LogP contribution in [0.4, 0.5) is 0 Å². The summed E-state index contributed by atoms with van der Waals surface area (Å²) < 4.78 is 0. The number of benzene rings is 1. The van der Waals surface area contributed by atoms with Gasteiger partial charge < -0.3 is 0 Å².